The molecular formula is C28H29F2N5O2. The number of fused-ring (bicyclic) bond motifs is 1. The van der Waals surface area contributed by atoms with Gasteiger partial charge in [-0.15, -0.1) is 0 Å². The van der Waals surface area contributed by atoms with Gasteiger partial charge in [0.1, 0.15) is 17.4 Å². The smallest absolute Gasteiger partial charge is 0.139 e. The van der Waals surface area contributed by atoms with Crippen molar-refractivity contribution in [2.75, 3.05) is 19.7 Å². The van der Waals surface area contributed by atoms with Gasteiger partial charge in [-0.3, -0.25) is 19.7 Å². The third-order valence-corrected chi connectivity index (χ3v) is 6.78. The molecule has 192 valence electrons. The van der Waals surface area contributed by atoms with E-state index in [0.29, 0.717) is 31.8 Å². The van der Waals surface area contributed by atoms with Gasteiger partial charge in [0, 0.05) is 73.5 Å². The Kier molecular flexibility index (Phi) is 7.34. The molecule has 1 aromatic carbocycles. The summed E-state index contributed by atoms with van der Waals surface area (Å²) >= 11 is 0. The van der Waals surface area contributed by atoms with E-state index < -0.39 is 11.6 Å². The Balaban J connectivity index is 1.25. The van der Waals surface area contributed by atoms with Gasteiger partial charge >= 0.3 is 0 Å². The molecule has 0 N–H and O–H groups in total. The van der Waals surface area contributed by atoms with E-state index in [4.69, 9.17) is 4.74 Å². The van der Waals surface area contributed by atoms with Gasteiger partial charge in [-0.25, -0.2) is 13.5 Å². The number of carbonyl (C=O) groups is 1. The van der Waals surface area contributed by atoms with E-state index in [0.717, 1.165) is 22.3 Å². The van der Waals surface area contributed by atoms with Gasteiger partial charge in [0.2, 0.25) is 0 Å². The normalized spacial score (nSPS) is 18.1. The highest BCUT2D eigenvalue weighted by molar-refractivity contribution is 5.84. The number of nitrogens with zero attached hydrogens (tertiary/aromatic N) is 5. The summed E-state index contributed by atoms with van der Waals surface area (Å²) in [5.74, 6) is -1.12. The minimum absolute atomic E-state index is 0.0460. The number of Topliss-reactive ketones (excluding diaryl/α,β-unsaturated/α-hetero) is 1. The van der Waals surface area contributed by atoms with Gasteiger partial charge in [0.05, 0.1) is 29.7 Å². The summed E-state index contributed by atoms with van der Waals surface area (Å²) < 4.78 is 36.0. The fourth-order valence-corrected chi connectivity index (χ4v) is 5.07. The van der Waals surface area contributed by atoms with Crippen LogP contribution in [0.15, 0.2) is 55.0 Å². The van der Waals surface area contributed by atoms with E-state index in [2.05, 4.69) is 15.1 Å². The second kappa shape index (κ2) is 10.8. The number of aryl methyl sites for hydroxylation is 1. The van der Waals surface area contributed by atoms with Crippen LogP contribution in [0.5, 0.6) is 0 Å². The quantitative estimate of drug-likeness (QED) is 0.335. The number of hydrogen-bond donors (Lipinski definition) is 0. The highest BCUT2D eigenvalue weighted by Gasteiger charge is 2.35. The second-order valence-corrected chi connectivity index (χ2v) is 9.51. The summed E-state index contributed by atoms with van der Waals surface area (Å²) in [6.07, 6.45) is 5.60. The molecule has 0 spiro atoms. The van der Waals surface area contributed by atoms with Crippen molar-refractivity contribution in [1.82, 2.24) is 24.6 Å². The van der Waals surface area contributed by atoms with E-state index in [9.17, 15) is 13.6 Å². The van der Waals surface area contributed by atoms with Gasteiger partial charge < -0.3 is 4.74 Å². The Morgan fingerprint density at radius 1 is 1.11 bits per heavy atom. The lowest BCUT2D eigenvalue weighted by atomic mass is 9.97. The van der Waals surface area contributed by atoms with Crippen molar-refractivity contribution in [2.24, 2.45) is 5.92 Å². The number of carbonyl (C=O) groups excluding carboxylic acids is 1. The van der Waals surface area contributed by atoms with E-state index in [1.807, 2.05) is 36.9 Å². The molecule has 3 aromatic heterocycles. The van der Waals surface area contributed by atoms with Crippen LogP contribution in [0.1, 0.15) is 30.3 Å². The van der Waals surface area contributed by atoms with Crippen LogP contribution in [0.4, 0.5) is 8.78 Å². The predicted octanol–water partition coefficient (Wildman–Crippen LogP) is 4.44. The molecule has 2 atom stereocenters. The summed E-state index contributed by atoms with van der Waals surface area (Å²) in [6, 6.07) is 9.62. The molecule has 1 fully saturated rings. The Bertz CT molecular complexity index is 1400. The molecule has 1 aliphatic rings. The summed E-state index contributed by atoms with van der Waals surface area (Å²) in [5.41, 5.74) is 3.37. The first kappa shape index (κ1) is 25.1. The first-order chi connectivity index (χ1) is 17.9. The molecule has 0 unspecified atom stereocenters. The molecule has 4 aromatic rings. The van der Waals surface area contributed by atoms with Crippen molar-refractivity contribution in [3.05, 3.63) is 83.6 Å². The van der Waals surface area contributed by atoms with Gasteiger partial charge in [0.25, 0.3) is 0 Å². The predicted molar refractivity (Wildman–Crippen MR) is 135 cm³/mol. The van der Waals surface area contributed by atoms with Crippen molar-refractivity contribution in [3.63, 3.8) is 0 Å². The number of halogens is 2. The van der Waals surface area contributed by atoms with E-state index >= 15 is 0 Å². The molecule has 1 saturated heterocycles. The van der Waals surface area contributed by atoms with Gasteiger partial charge in [-0.2, -0.15) is 5.10 Å². The molecular weight excluding hydrogens is 476 g/mol. The van der Waals surface area contributed by atoms with Crippen LogP contribution in [0, 0.1) is 24.5 Å². The van der Waals surface area contributed by atoms with Crippen LogP contribution in [0.25, 0.3) is 16.6 Å². The number of ketones is 1. The lowest BCUT2D eigenvalue weighted by Gasteiger charge is -2.17. The molecule has 0 radical (unpaired) electrons. The summed E-state index contributed by atoms with van der Waals surface area (Å²) in [7, 11) is 0. The third-order valence-electron chi connectivity index (χ3n) is 6.78. The monoisotopic (exact) mass is 505 g/mol. The number of ether oxygens (including phenoxy) is 1. The largest absolute Gasteiger partial charge is 0.377 e. The highest BCUT2D eigenvalue weighted by atomic mass is 19.1. The second-order valence-electron chi connectivity index (χ2n) is 9.51. The van der Waals surface area contributed by atoms with Crippen LogP contribution < -0.4 is 0 Å². The zero-order valence-electron chi connectivity index (χ0n) is 20.9. The van der Waals surface area contributed by atoms with Crippen molar-refractivity contribution < 1.29 is 18.3 Å². The number of hydrogen-bond acceptors (Lipinski definition) is 6. The number of pyridine rings is 2. The van der Waals surface area contributed by atoms with Crippen LogP contribution in [-0.2, 0) is 22.5 Å². The number of benzene rings is 1. The van der Waals surface area contributed by atoms with Gasteiger partial charge in [-0.05, 0) is 44.2 Å². The van der Waals surface area contributed by atoms with Crippen molar-refractivity contribution >= 4 is 16.7 Å². The fourth-order valence-electron chi connectivity index (χ4n) is 5.07. The first-order valence-electron chi connectivity index (χ1n) is 12.5. The van der Waals surface area contributed by atoms with E-state index in [1.54, 1.807) is 23.3 Å². The molecule has 9 heteroatoms. The summed E-state index contributed by atoms with van der Waals surface area (Å²) in [4.78, 5) is 23.7. The Morgan fingerprint density at radius 2 is 1.92 bits per heavy atom. The van der Waals surface area contributed by atoms with Crippen molar-refractivity contribution in [3.8, 4) is 5.69 Å². The van der Waals surface area contributed by atoms with Gasteiger partial charge in [-0.1, -0.05) is 6.07 Å². The number of rotatable bonds is 9. The molecule has 0 bridgehead atoms. The maximum Gasteiger partial charge on any atom is 0.139 e. The summed E-state index contributed by atoms with van der Waals surface area (Å²) in [6.45, 7) is 5.55. The molecule has 0 aliphatic carbocycles. The average Bonchev–Trinajstić information content (AvgIpc) is 3.45. The maximum absolute atomic E-state index is 14.2. The zero-order valence-corrected chi connectivity index (χ0v) is 20.9. The third kappa shape index (κ3) is 5.57. The van der Waals surface area contributed by atoms with Crippen LogP contribution in [0.2, 0.25) is 0 Å². The van der Waals surface area contributed by atoms with Crippen LogP contribution >= 0.6 is 0 Å². The SMILES string of the molecule is CCO[C@H]1CN(Cc2c(F)cccc2F)C[C@@H]1CC(=O)Cc1cc2cnn(-c3ccnc(C)c3)c2cn1. The molecule has 0 saturated carbocycles. The highest BCUT2D eigenvalue weighted by Crippen LogP contribution is 2.27. The number of likely N-dealkylation sites (tertiary alicyclic amines) is 1. The van der Waals surface area contributed by atoms with Crippen LogP contribution in [-0.4, -0.2) is 56.2 Å². The molecule has 37 heavy (non-hydrogen) atoms. The molecule has 7 nitrogen and oxygen atoms in total. The number of aromatic nitrogens is 4. The lowest BCUT2D eigenvalue weighted by molar-refractivity contribution is -0.120. The fraction of sp³-hybridized carbons (Fsp3) is 0.357. The van der Waals surface area contributed by atoms with Gasteiger partial charge in [0.15, 0.2) is 0 Å². The van der Waals surface area contributed by atoms with E-state index in [1.165, 1.54) is 18.2 Å². The molecule has 5 rings (SSSR count). The van der Waals surface area contributed by atoms with Crippen molar-refractivity contribution in [1.29, 1.82) is 0 Å². The van der Waals surface area contributed by atoms with Crippen molar-refractivity contribution in [2.45, 2.75) is 39.3 Å². The topological polar surface area (TPSA) is 73.1 Å². The summed E-state index contributed by atoms with van der Waals surface area (Å²) in [5, 5.41) is 5.39. The lowest BCUT2D eigenvalue weighted by Crippen LogP contribution is -2.25. The average molecular weight is 506 g/mol. The van der Waals surface area contributed by atoms with Crippen LogP contribution in [0.3, 0.4) is 0 Å². The minimum Gasteiger partial charge on any atom is -0.377 e. The molecule has 0 amide bonds. The minimum atomic E-state index is -0.559. The first-order valence-corrected chi connectivity index (χ1v) is 12.5. The van der Waals surface area contributed by atoms with E-state index in [-0.39, 0.29) is 36.3 Å². The molecule has 4 heterocycles. The standard InChI is InChI=1S/C28H29F2N5O2/c1-3-37-28-17-34(16-24-25(29)5-4-6-26(24)30)15-20(28)11-23(36)12-21-10-19-13-33-35(27(19)14-32-21)22-7-8-31-18(2)9-22/h4-10,13-14,20,28H,3,11-12,15-17H2,1-2H3/t20-,28-/m0/s1. The Hall–Kier alpha value is -3.56. The zero-order chi connectivity index (χ0) is 25.9. The Labute approximate surface area is 214 Å². The maximum atomic E-state index is 14.2. The molecule has 1 aliphatic heterocycles. The Morgan fingerprint density at radius 3 is 2.68 bits per heavy atom.